The molecule has 19 heavy (non-hydrogen) atoms. The molecule has 0 aromatic carbocycles. The molecule has 2 atom stereocenters. The Balaban J connectivity index is 1.76. The highest BCUT2D eigenvalue weighted by Gasteiger charge is 2.23. The largest absolute Gasteiger partial charge is 0.392 e. The molecule has 0 saturated carbocycles. The summed E-state index contributed by atoms with van der Waals surface area (Å²) < 4.78 is 0. The second kappa shape index (κ2) is 6.98. The van der Waals surface area contributed by atoms with Gasteiger partial charge in [-0.15, -0.1) is 0 Å². The first-order valence-electron chi connectivity index (χ1n) is 7.18. The van der Waals surface area contributed by atoms with E-state index in [1.54, 1.807) is 0 Å². The van der Waals surface area contributed by atoms with Crippen LogP contribution in [0.3, 0.4) is 0 Å². The summed E-state index contributed by atoms with van der Waals surface area (Å²) in [6.45, 7) is 9.27. The van der Waals surface area contributed by atoms with E-state index in [-0.39, 0.29) is 6.10 Å². The lowest BCUT2D eigenvalue weighted by Gasteiger charge is -2.40. The smallest absolute Gasteiger partial charge is 0.0639 e. The highest BCUT2D eigenvalue weighted by atomic mass is 16.3. The Morgan fingerprint density at radius 1 is 1.37 bits per heavy atom. The van der Waals surface area contributed by atoms with E-state index in [0.29, 0.717) is 6.04 Å². The molecule has 0 unspecified atom stereocenters. The van der Waals surface area contributed by atoms with E-state index in [1.165, 1.54) is 5.56 Å². The van der Waals surface area contributed by atoms with Gasteiger partial charge in [-0.1, -0.05) is 0 Å². The van der Waals surface area contributed by atoms with Crippen LogP contribution in [-0.4, -0.2) is 64.8 Å². The van der Waals surface area contributed by atoms with Crippen LogP contribution in [0.1, 0.15) is 19.4 Å². The van der Waals surface area contributed by atoms with Crippen molar-refractivity contribution in [3.63, 3.8) is 0 Å². The fourth-order valence-corrected chi connectivity index (χ4v) is 2.72. The first-order valence-corrected chi connectivity index (χ1v) is 7.18. The van der Waals surface area contributed by atoms with Crippen molar-refractivity contribution in [2.45, 2.75) is 32.4 Å². The standard InChI is InChI=1S/C15H25N3O/c1-13-11-17(9-10-18(13)12-14(2)19)8-5-15-3-6-16-7-4-15/h3-4,6-7,13-14,19H,5,8-12H2,1-2H3/t13-,14+/m1/s1. The highest BCUT2D eigenvalue weighted by Crippen LogP contribution is 2.11. The number of aliphatic hydroxyl groups excluding tert-OH is 1. The number of hydrogen-bond donors (Lipinski definition) is 1. The zero-order chi connectivity index (χ0) is 13.7. The van der Waals surface area contributed by atoms with Crippen molar-refractivity contribution in [3.8, 4) is 0 Å². The van der Waals surface area contributed by atoms with Crippen LogP contribution in [0.4, 0.5) is 0 Å². The Kier molecular flexibility index (Phi) is 5.31. The normalized spacial score (nSPS) is 23.4. The first kappa shape index (κ1) is 14.4. The number of aliphatic hydroxyl groups is 1. The number of piperazine rings is 1. The zero-order valence-corrected chi connectivity index (χ0v) is 12.0. The monoisotopic (exact) mass is 263 g/mol. The van der Waals surface area contributed by atoms with Crippen LogP contribution >= 0.6 is 0 Å². The average Bonchev–Trinajstić information content (AvgIpc) is 2.40. The molecule has 4 nitrogen and oxygen atoms in total. The third-order valence-electron chi connectivity index (χ3n) is 3.81. The number of aromatic nitrogens is 1. The molecule has 0 bridgehead atoms. The van der Waals surface area contributed by atoms with Gasteiger partial charge in [-0.05, 0) is 38.0 Å². The number of hydrogen-bond acceptors (Lipinski definition) is 4. The van der Waals surface area contributed by atoms with Gasteiger partial charge in [0.05, 0.1) is 6.10 Å². The van der Waals surface area contributed by atoms with Gasteiger partial charge in [-0.3, -0.25) is 9.88 Å². The van der Waals surface area contributed by atoms with Crippen molar-refractivity contribution in [2.24, 2.45) is 0 Å². The van der Waals surface area contributed by atoms with E-state index in [1.807, 2.05) is 19.3 Å². The molecule has 4 heteroatoms. The van der Waals surface area contributed by atoms with Crippen molar-refractivity contribution < 1.29 is 5.11 Å². The van der Waals surface area contributed by atoms with Gasteiger partial charge < -0.3 is 10.0 Å². The van der Waals surface area contributed by atoms with Gasteiger partial charge >= 0.3 is 0 Å². The minimum absolute atomic E-state index is 0.231. The van der Waals surface area contributed by atoms with Crippen molar-refractivity contribution in [1.29, 1.82) is 0 Å². The van der Waals surface area contributed by atoms with Gasteiger partial charge in [-0.2, -0.15) is 0 Å². The van der Waals surface area contributed by atoms with Gasteiger partial charge in [0, 0.05) is 51.2 Å². The number of pyridine rings is 1. The lowest BCUT2D eigenvalue weighted by Crippen LogP contribution is -2.53. The van der Waals surface area contributed by atoms with Crippen LogP contribution in [-0.2, 0) is 6.42 Å². The Labute approximate surface area is 116 Å². The minimum Gasteiger partial charge on any atom is -0.392 e. The highest BCUT2D eigenvalue weighted by molar-refractivity contribution is 5.10. The fraction of sp³-hybridized carbons (Fsp3) is 0.667. The minimum atomic E-state index is -0.231. The number of nitrogens with zero attached hydrogens (tertiary/aromatic N) is 3. The van der Waals surface area contributed by atoms with E-state index in [4.69, 9.17) is 0 Å². The van der Waals surface area contributed by atoms with Crippen LogP contribution in [0.15, 0.2) is 24.5 Å². The molecule has 0 spiro atoms. The SMILES string of the molecule is C[C@H](O)CN1CCN(CCc2ccncc2)C[C@H]1C. The van der Waals surface area contributed by atoms with E-state index >= 15 is 0 Å². The molecule has 2 heterocycles. The maximum absolute atomic E-state index is 9.48. The summed E-state index contributed by atoms with van der Waals surface area (Å²) in [6, 6.07) is 4.71. The molecule has 2 rings (SSSR count). The van der Waals surface area contributed by atoms with E-state index < -0.39 is 0 Å². The Bertz CT molecular complexity index is 369. The quantitative estimate of drug-likeness (QED) is 0.861. The summed E-state index contributed by atoms with van der Waals surface area (Å²) in [6.07, 6.45) is 4.58. The van der Waals surface area contributed by atoms with Gasteiger partial charge in [-0.25, -0.2) is 0 Å². The van der Waals surface area contributed by atoms with Crippen molar-refractivity contribution in [1.82, 2.24) is 14.8 Å². The molecule has 1 aromatic heterocycles. The van der Waals surface area contributed by atoms with Crippen molar-refractivity contribution in [2.75, 3.05) is 32.7 Å². The van der Waals surface area contributed by atoms with Gasteiger partial charge in [0.2, 0.25) is 0 Å². The maximum atomic E-state index is 9.48. The summed E-state index contributed by atoms with van der Waals surface area (Å²) in [5.74, 6) is 0. The fourth-order valence-electron chi connectivity index (χ4n) is 2.72. The van der Waals surface area contributed by atoms with Crippen LogP contribution < -0.4 is 0 Å². The second-order valence-electron chi connectivity index (χ2n) is 5.60. The Hall–Kier alpha value is -0.970. The molecule has 0 amide bonds. The molecular formula is C15H25N3O. The summed E-state index contributed by atoms with van der Waals surface area (Å²) in [5.41, 5.74) is 1.36. The Morgan fingerprint density at radius 2 is 2.11 bits per heavy atom. The number of β-amino-alcohol motifs (C(OH)–C–C–N with tert-alkyl or cyclic N) is 1. The molecule has 1 aromatic rings. The van der Waals surface area contributed by atoms with Crippen molar-refractivity contribution in [3.05, 3.63) is 30.1 Å². The van der Waals surface area contributed by atoms with Crippen LogP contribution in [0.5, 0.6) is 0 Å². The summed E-state index contributed by atoms with van der Waals surface area (Å²) >= 11 is 0. The summed E-state index contributed by atoms with van der Waals surface area (Å²) in [4.78, 5) is 8.95. The summed E-state index contributed by atoms with van der Waals surface area (Å²) in [7, 11) is 0. The average molecular weight is 263 g/mol. The zero-order valence-electron chi connectivity index (χ0n) is 12.0. The predicted octanol–water partition coefficient (Wildman–Crippen LogP) is 1.01. The molecule has 0 radical (unpaired) electrons. The molecule has 0 aliphatic carbocycles. The molecular weight excluding hydrogens is 238 g/mol. The molecule has 1 N–H and O–H groups in total. The summed E-state index contributed by atoms with van der Waals surface area (Å²) in [5, 5.41) is 9.48. The van der Waals surface area contributed by atoms with E-state index in [9.17, 15) is 5.11 Å². The van der Waals surface area contributed by atoms with Crippen molar-refractivity contribution >= 4 is 0 Å². The molecule has 1 fully saturated rings. The van der Waals surface area contributed by atoms with E-state index in [2.05, 4.69) is 33.8 Å². The predicted molar refractivity (Wildman–Crippen MR) is 77.1 cm³/mol. The first-order chi connectivity index (χ1) is 9.15. The second-order valence-corrected chi connectivity index (χ2v) is 5.60. The third kappa shape index (κ3) is 4.56. The van der Waals surface area contributed by atoms with E-state index in [0.717, 1.165) is 39.1 Å². The maximum Gasteiger partial charge on any atom is 0.0639 e. The molecule has 1 aliphatic heterocycles. The van der Waals surface area contributed by atoms with Gasteiger partial charge in [0.1, 0.15) is 0 Å². The topological polar surface area (TPSA) is 39.6 Å². The van der Waals surface area contributed by atoms with Gasteiger partial charge in [0.25, 0.3) is 0 Å². The lowest BCUT2D eigenvalue weighted by atomic mass is 10.1. The van der Waals surface area contributed by atoms with Crippen LogP contribution in [0, 0.1) is 0 Å². The molecule has 1 saturated heterocycles. The number of rotatable bonds is 5. The van der Waals surface area contributed by atoms with Crippen LogP contribution in [0.25, 0.3) is 0 Å². The molecule has 106 valence electrons. The Morgan fingerprint density at radius 3 is 2.74 bits per heavy atom. The van der Waals surface area contributed by atoms with Crippen LogP contribution in [0.2, 0.25) is 0 Å². The van der Waals surface area contributed by atoms with Gasteiger partial charge in [0.15, 0.2) is 0 Å². The lowest BCUT2D eigenvalue weighted by molar-refractivity contribution is 0.0456. The molecule has 1 aliphatic rings. The third-order valence-corrected chi connectivity index (χ3v) is 3.81.